The van der Waals surface area contributed by atoms with E-state index in [0.717, 1.165) is 13.0 Å². The number of rotatable bonds is 4. The van der Waals surface area contributed by atoms with Crippen LogP contribution in [-0.2, 0) is 9.84 Å². The van der Waals surface area contributed by atoms with Crippen molar-refractivity contribution >= 4 is 27.4 Å². The van der Waals surface area contributed by atoms with E-state index >= 15 is 0 Å². The van der Waals surface area contributed by atoms with Gasteiger partial charge in [0, 0.05) is 23.7 Å². The molecule has 0 spiro atoms. The van der Waals surface area contributed by atoms with Crippen LogP contribution in [0.1, 0.15) is 19.8 Å². The van der Waals surface area contributed by atoms with Crippen LogP contribution in [0.4, 0.5) is 5.82 Å². The summed E-state index contributed by atoms with van der Waals surface area (Å²) in [5, 5.41) is 3.19. The van der Waals surface area contributed by atoms with Crippen molar-refractivity contribution in [1.29, 1.82) is 0 Å². The average Bonchev–Trinajstić information content (AvgIpc) is 2.73. The van der Waals surface area contributed by atoms with Gasteiger partial charge in [0.05, 0.1) is 0 Å². The Balaban J connectivity index is 2.15. The van der Waals surface area contributed by atoms with Crippen LogP contribution in [0.2, 0.25) is 0 Å². The molecule has 4 nitrogen and oxygen atoms in total. The lowest BCUT2D eigenvalue weighted by Crippen LogP contribution is -2.28. The first-order chi connectivity index (χ1) is 8.41. The molecule has 1 aromatic heterocycles. The highest BCUT2D eigenvalue weighted by Gasteiger charge is 2.29. The smallest absolute Gasteiger partial charge is 0.179 e. The zero-order valence-corrected chi connectivity index (χ0v) is 12.3. The molecule has 0 aromatic carbocycles. The fraction of sp³-hybridized carbons (Fsp3) is 0.583. The predicted molar refractivity (Wildman–Crippen MR) is 75.9 cm³/mol. The summed E-state index contributed by atoms with van der Waals surface area (Å²) in [6, 6.07) is 3.24. The van der Waals surface area contributed by atoms with Gasteiger partial charge in [0.15, 0.2) is 9.84 Å². The first-order valence-electron chi connectivity index (χ1n) is 5.94. The molecule has 1 aromatic rings. The van der Waals surface area contributed by atoms with E-state index in [1.54, 1.807) is 18.3 Å². The van der Waals surface area contributed by atoms with E-state index < -0.39 is 9.84 Å². The normalized spacial score (nSPS) is 24.1. The van der Waals surface area contributed by atoms with Crippen molar-refractivity contribution in [3.05, 3.63) is 18.3 Å². The van der Waals surface area contributed by atoms with E-state index in [2.05, 4.69) is 17.2 Å². The van der Waals surface area contributed by atoms with Crippen LogP contribution in [0.5, 0.6) is 0 Å². The predicted octanol–water partition coefficient (Wildman–Crippen LogP) is 2.18. The Hall–Kier alpha value is -0.750. The van der Waals surface area contributed by atoms with Crippen molar-refractivity contribution in [2.24, 2.45) is 0 Å². The summed E-state index contributed by atoms with van der Waals surface area (Å²) in [5.41, 5.74) is 0. The second-order valence-electron chi connectivity index (χ2n) is 4.88. The van der Waals surface area contributed by atoms with Gasteiger partial charge in [0.2, 0.25) is 0 Å². The first kappa shape index (κ1) is 13.7. The Labute approximate surface area is 112 Å². The molecule has 6 heteroatoms. The van der Waals surface area contributed by atoms with Crippen LogP contribution in [-0.4, -0.2) is 36.7 Å². The third kappa shape index (κ3) is 3.17. The van der Waals surface area contributed by atoms with E-state index in [0.29, 0.717) is 5.82 Å². The molecule has 2 rings (SSSR count). The molecule has 0 aliphatic carbocycles. The number of hydrogen-bond acceptors (Lipinski definition) is 5. The van der Waals surface area contributed by atoms with Gasteiger partial charge in [-0.25, -0.2) is 13.4 Å². The minimum Gasteiger partial charge on any atom is -0.368 e. The average molecular weight is 286 g/mol. The number of nitrogens with zero attached hydrogens (tertiary/aromatic N) is 1. The summed E-state index contributed by atoms with van der Waals surface area (Å²) in [5.74, 6) is 1.65. The third-order valence-corrected chi connectivity index (χ3v) is 5.77. The maximum atomic E-state index is 11.6. The summed E-state index contributed by atoms with van der Waals surface area (Å²) in [6.07, 6.45) is 5.21. The van der Waals surface area contributed by atoms with Gasteiger partial charge in [0.25, 0.3) is 0 Å². The molecule has 1 saturated heterocycles. The Morgan fingerprint density at radius 3 is 2.94 bits per heavy atom. The van der Waals surface area contributed by atoms with Crippen LogP contribution < -0.4 is 5.32 Å². The number of nitrogens with one attached hydrogen (secondary N) is 1. The van der Waals surface area contributed by atoms with E-state index in [1.165, 1.54) is 18.4 Å². The molecule has 100 valence electrons. The Kier molecular flexibility index (Phi) is 3.87. The number of hydrogen-bond donors (Lipinski definition) is 1. The maximum absolute atomic E-state index is 11.6. The molecule has 1 aliphatic rings. The Morgan fingerprint density at radius 1 is 1.56 bits per heavy atom. The molecule has 0 amide bonds. The number of thioether (sulfide) groups is 1. The molecule has 1 fully saturated rings. The van der Waals surface area contributed by atoms with E-state index in [4.69, 9.17) is 0 Å². The summed E-state index contributed by atoms with van der Waals surface area (Å²) < 4.78 is 23.5. The number of anilines is 1. The highest BCUT2D eigenvalue weighted by atomic mass is 32.2. The second kappa shape index (κ2) is 5.09. The van der Waals surface area contributed by atoms with Gasteiger partial charge in [-0.05, 0) is 37.7 Å². The fourth-order valence-corrected chi connectivity index (χ4v) is 4.12. The molecule has 2 heterocycles. The molecule has 0 bridgehead atoms. The van der Waals surface area contributed by atoms with Gasteiger partial charge in [-0.2, -0.15) is 11.8 Å². The molecule has 1 unspecified atom stereocenters. The first-order valence-corrected chi connectivity index (χ1v) is 8.81. The van der Waals surface area contributed by atoms with E-state index in [1.807, 2.05) is 11.8 Å². The largest absolute Gasteiger partial charge is 0.368 e. The lowest BCUT2D eigenvalue weighted by Gasteiger charge is -2.23. The number of aromatic nitrogens is 1. The van der Waals surface area contributed by atoms with Crippen LogP contribution in [0.3, 0.4) is 0 Å². The van der Waals surface area contributed by atoms with Gasteiger partial charge < -0.3 is 5.32 Å². The standard InChI is InChI=1S/C12H18N2O2S2/c1-12(6-4-8-17-12)9-14-11-10(18(2,15)16)5-3-7-13-11/h3,5,7H,4,6,8-9H2,1-2H3,(H,13,14). The minimum absolute atomic E-state index is 0.187. The molecule has 1 aliphatic heterocycles. The van der Waals surface area contributed by atoms with Gasteiger partial charge in [-0.3, -0.25) is 0 Å². The zero-order valence-electron chi connectivity index (χ0n) is 10.6. The summed E-state index contributed by atoms with van der Waals surface area (Å²) >= 11 is 1.94. The van der Waals surface area contributed by atoms with Crippen molar-refractivity contribution in [2.75, 3.05) is 23.9 Å². The SMILES string of the molecule is CC1(CNc2ncccc2S(C)(=O)=O)CCCS1. The van der Waals surface area contributed by atoms with Crippen LogP contribution in [0, 0.1) is 0 Å². The Bertz CT molecular complexity index is 523. The summed E-state index contributed by atoms with van der Waals surface area (Å²) in [7, 11) is -3.23. The quantitative estimate of drug-likeness (QED) is 0.919. The number of pyridine rings is 1. The van der Waals surface area contributed by atoms with Crippen molar-refractivity contribution < 1.29 is 8.42 Å². The highest BCUT2D eigenvalue weighted by Crippen LogP contribution is 2.37. The van der Waals surface area contributed by atoms with Crippen molar-refractivity contribution in [2.45, 2.75) is 29.4 Å². The van der Waals surface area contributed by atoms with E-state index in [9.17, 15) is 8.42 Å². The molecule has 1 atom stereocenters. The molecule has 18 heavy (non-hydrogen) atoms. The van der Waals surface area contributed by atoms with Crippen molar-refractivity contribution in [3.63, 3.8) is 0 Å². The molecular weight excluding hydrogens is 268 g/mol. The van der Waals surface area contributed by atoms with Crippen LogP contribution in [0.25, 0.3) is 0 Å². The van der Waals surface area contributed by atoms with Crippen LogP contribution >= 0.6 is 11.8 Å². The van der Waals surface area contributed by atoms with Gasteiger partial charge in [-0.15, -0.1) is 0 Å². The highest BCUT2D eigenvalue weighted by molar-refractivity contribution is 8.00. The zero-order chi connectivity index (χ0) is 13.2. The van der Waals surface area contributed by atoms with Crippen molar-refractivity contribution in [3.8, 4) is 0 Å². The van der Waals surface area contributed by atoms with Gasteiger partial charge >= 0.3 is 0 Å². The van der Waals surface area contributed by atoms with Crippen molar-refractivity contribution in [1.82, 2.24) is 4.98 Å². The van der Waals surface area contributed by atoms with Gasteiger partial charge in [-0.1, -0.05) is 0 Å². The lowest BCUT2D eigenvalue weighted by molar-refractivity contribution is 0.601. The monoisotopic (exact) mass is 286 g/mol. The molecule has 1 N–H and O–H groups in total. The third-order valence-electron chi connectivity index (χ3n) is 3.10. The lowest BCUT2D eigenvalue weighted by atomic mass is 10.1. The topological polar surface area (TPSA) is 59.1 Å². The van der Waals surface area contributed by atoms with E-state index in [-0.39, 0.29) is 9.64 Å². The summed E-state index contributed by atoms with van der Waals surface area (Å²) in [6.45, 7) is 2.96. The second-order valence-corrected chi connectivity index (χ2v) is 8.54. The van der Waals surface area contributed by atoms with Gasteiger partial charge in [0.1, 0.15) is 10.7 Å². The fourth-order valence-electron chi connectivity index (χ4n) is 2.07. The molecular formula is C12H18N2O2S2. The summed E-state index contributed by atoms with van der Waals surface area (Å²) in [4.78, 5) is 4.41. The minimum atomic E-state index is -3.23. The number of sulfone groups is 1. The van der Waals surface area contributed by atoms with Crippen LogP contribution in [0.15, 0.2) is 23.2 Å². The molecule has 0 radical (unpaired) electrons. The Morgan fingerprint density at radius 2 is 2.33 bits per heavy atom. The maximum Gasteiger partial charge on any atom is 0.179 e. The molecule has 0 saturated carbocycles.